The first kappa shape index (κ1) is 79.9. The molecule has 0 N–H and O–H groups in total. The number of hydrogen-bond donors (Lipinski definition) is 0. The van der Waals surface area contributed by atoms with Crippen molar-refractivity contribution in [1.29, 1.82) is 0 Å². The highest BCUT2D eigenvalue weighted by molar-refractivity contribution is 5.70. The molecule has 0 spiro atoms. The molecular weight excluding hydrogens is 1050 g/mol. The molecule has 0 aliphatic carbocycles. The van der Waals surface area contributed by atoms with Gasteiger partial charge < -0.3 is 33.3 Å². The van der Waals surface area contributed by atoms with Gasteiger partial charge >= 0.3 is 11.9 Å². The highest BCUT2D eigenvalue weighted by Crippen LogP contribution is 2.15. The van der Waals surface area contributed by atoms with E-state index >= 15 is 0 Å². The van der Waals surface area contributed by atoms with Crippen LogP contribution in [0.25, 0.3) is 0 Å². The molecule has 9 heteroatoms. The molecule has 0 bridgehead atoms. The first-order chi connectivity index (χ1) is 41.6. The van der Waals surface area contributed by atoms with E-state index in [0.717, 1.165) is 135 Å². The molecule has 0 aliphatic rings. The number of esters is 2. The van der Waals surface area contributed by atoms with Crippen LogP contribution in [0.1, 0.15) is 245 Å². The number of carboxylic acids is 1. The Labute approximate surface area is 521 Å². The van der Waals surface area contributed by atoms with E-state index in [9.17, 15) is 19.5 Å². The van der Waals surface area contributed by atoms with E-state index in [1.165, 1.54) is 77.0 Å². The third-order valence-electron chi connectivity index (χ3n) is 13.8. The smallest absolute Gasteiger partial charge is 0.306 e. The lowest BCUT2D eigenvalue weighted by Crippen LogP contribution is -2.44. The molecule has 0 aromatic carbocycles. The van der Waals surface area contributed by atoms with Crippen LogP contribution in [-0.2, 0) is 33.3 Å². The molecule has 0 saturated heterocycles. The fraction of sp³-hybridized carbons (Fsp3) is 0.618. The van der Waals surface area contributed by atoms with Crippen molar-refractivity contribution in [1.82, 2.24) is 0 Å². The van der Waals surface area contributed by atoms with Crippen LogP contribution in [0.5, 0.6) is 0 Å². The first-order valence-electron chi connectivity index (χ1n) is 33.6. The summed E-state index contributed by atoms with van der Waals surface area (Å²) in [5.74, 6) is -2.34. The van der Waals surface area contributed by atoms with E-state index in [1.807, 2.05) is 21.1 Å². The Balaban J connectivity index is 4.29. The highest BCUT2D eigenvalue weighted by atomic mass is 16.7. The minimum Gasteiger partial charge on any atom is -0.545 e. The number of rotatable bonds is 60. The summed E-state index contributed by atoms with van der Waals surface area (Å²) in [6.07, 6.45) is 93.0. The Bertz CT molecular complexity index is 1950. The van der Waals surface area contributed by atoms with Gasteiger partial charge in [0.25, 0.3) is 0 Å². The molecule has 0 saturated carbocycles. The van der Waals surface area contributed by atoms with E-state index in [2.05, 4.69) is 172 Å². The van der Waals surface area contributed by atoms with E-state index < -0.39 is 24.3 Å². The average Bonchev–Trinajstić information content (AvgIpc) is 3.48. The zero-order valence-corrected chi connectivity index (χ0v) is 54.7. The van der Waals surface area contributed by atoms with Gasteiger partial charge in [0.2, 0.25) is 0 Å². The molecule has 0 rings (SSSR count). The van der Waals surface area contributed by atoms with Crippen LogP contribution in [0, 0.1) is 0 Å². The van der Waals surface area contributed by atoms with Gasteiger partial charge in [0.1, 0.15) is 13.2 Å². The lowest BCUT2D eigenvalue weighted by Gasteiger charge is -2.26. The Morgan fingerprint density at radius 1 is 0.365 bits per heavy atom. The monoisotopic (exact) mass is 1180 g/mol. The molecule has 85 heavy (non-hydrogen) atoms. The maximum absolute atomic E-state index is 12.9. The van der Waals surface area contributed by atoms with Crippen molar-refractivity contribution in [2.45, 2.75) is 257 Å². The summed E-state index contributed by atoms with van der Waals surface area (Å²) in [6, 6.07) is 0. The van der Waals surface area contributed by atoms with Crippen LogP contribution in [0.3, 0.4) is 0 Å². The Morgan fingerprint density at radius 3 is 1.00 bits per heavy atom. The van der Waals surface area contributed by atoms with Crippen LogP contribution in [-0.4, -0.2) is 82.3 Å². The highest BCUT2D eigenvalue weighted by Gasteiger charge is 2.22. The van der Waals surface area contributed by atoms with Crippen LogP contribution in [0.2, 0.25) is 0 Å². The van der Waals surface area contributed by atoms with Crippen molar-refractivity contribution in [3.05, 3.63) is 158 Å². The number of carbonyl (C=O) groups is 3. The minimum atomic E-state index is -1.64. The lowest BCUT2D eigenvalue weighted by molar-refractivity contribution is -0.870. The van der Waals surface area contributed by atoms with E-state index in [4.69, 9.17) is 18.9 Å². The van der Waals surface area contributed by atoms with Gasteiger partial charge in [0.15, 0.2) is 12.4 Å². The van der Waals surface area contributed by atoms with Gasteiger partial charge in [0.05, 0.1) is 40.3 Å². The van der Waals surface area contributed by atoms with Crippen molar-refractivity contribution < 1.29 is 42.9 Å². The van der Waals surface area contributed by atoms with Gasteiger partial charge in [-0.1, -0.05) is 262 Å². The second-order valence-corrected chi connectivity index (χ2v) is 23.0. The van der Waals surface area contributed by atoms with Gasteiger partial charge in [-0.25, -0.2) is 0 Å². The zero-order chi connectivity index (χ0) is 61.9. The standard InChI is InChI=1S/C76H123NO8/c1-6-8-10-12-14-16-18-20-22-24-26-28-30-32-33-34-35-36-37-38-39-40-41-43-45-47-49-51-53-55-57-59-61-63-65-67-74(79)85-72(71-84-76(75(80)81)82-69-68-77(3,4)5)70-83-73(78)66-64-62-60-58-56-54-52-50-48-46-44-42-31-29-27-25-23-21-19-17-15-13-11-9-7-2/h8,10,14,16,19-22,25-28,31-33,35-36,38-39,41-43,47,49,53,55,72,76H,6-7,9,11-13,15,17-18,23-24,29-30,34,37,40,44-46,48,50-52,54,56-71H2,1-5H3/b10-8-,16-14-,21-19-,22-20-,27-25-,28-26-,33-32-,36-35-,39-38-,42-31-,43-41-,49-47-,55-53-. The fourth-order valence-corrected chi connectivity index (χ4v) is 8.63. The first-order valence-corrected chi connectivity index (χ1v) is 33.6. The maximum Gasteiger partial charge on any atom is 0.306 e. The fourth-order valence-electron chi connectivity index (χ4n) is 8.63. The molecule has 0 fully saturated rings. The molecule has 0 aromatic heterocycles. The summed E-state index contributed by atoms with van der Waals surface area (Å²) in [5.41, 5.74) is 0. The van der Waals surface area contributed by atoms with Gasteiger partial charge in [-0.2, -0.15) is 0 Å². The SMILES string of the molecule is CC/C=C\C/C=C\C/C=C\C/C=C\C/C=C\C/C=C\C/C=C\C/C=C\C/C=C\C/C=C\CCCCCCC(=O)OC(COC(=O)CCCCCCCCCCCC/C=C\C/C=C\C/C=C\CCCCCCC)COC(OCC[N+](C)(C)C)C(=O)[O-]. The average molecular weight is 1180 g/mol. The summed E-state index contributed by atoms with van der Waals surface area (Å²) in [6.45, 7) is 4.57. The molecule has 0 radical (unpaired) electrons. The van der Waals surface area contributed by atoms with Crippen molar-refractivity contribution in [3.63, 3.8) is 0 Å². The number of carbonyl (C=O) groups excluding carboxylic acids is 3. The topological polar surface area (TPSA) is 111 Å². The molecule has 0 amide bonds. The second kappa shape index (κ2) is 64.9. The molecule has 0 aromatic rings. The second-order valence-electron chi connectivity index (χ2n) is 23.0. The number of quaternary nitrogens is 1. The normalized spacial score (nSPS) is 13.8. The molecule has 480 valence electrons. The summed E-state index contributed by atoms with van der Waals surface area (Å²) in [5, 5.41) is 11.8. The van der Waals surface area contributed by atoms with E-state index in [0.29, 0.717) is 17.4 Å². The van der Waals surface area contributed by atoms with Crippen molar-refractivity contribution >= 4 is 17.9 Å². The Morgan fingerprint density at radius 2 is 0.671 bits per heavy atom. The summed E-state index contributed by atoms with van der Waals surface area (Å²) < 4.78 is 22.7. The number of hydrogen-bond acceptors (Lipinski definition) is 8. The predicted octanol–water partition coefficient (Wildman–Crippen LogP) is 19.6. The third-order valence-corrected chi connectivity index (χ3v) is 13.8. The molecule has 0 heterocycles. The molecular formula is C76H123NO8. The summed E-state index contributed by atoms with van der Waals surface area (Å²) in [4.78, 5) is 37.4. The number of aliphatic carboxylic acids is 1. The van der Waals surface area contributed by atoms with Gasteiger partial charge in [-0.3, -0.25) is 9.59 Å². The number of nitrogens with zero attached hydrogens (tertiary/aromatic N) is 1. The molecule has 2 unspecified atom stereocenters. The van der Waals surface area contributed by atoms with Gasteiger partial charge in [-0.15, -0.1) is 0 Å². The van der Waals surface area contributed by atoms with Crippen LogP contribution in [0.15, 0.2) is 158 Å². The van der Waals surface area contributed by atoms with Gasteiger partial charge in [0, 0.05) is 12.8 Å². The van der Waals surface area contributed by atoms with Crippen molar-refractivity contribution in [3.8, 4) is 0 Å². The summed E-state index contributed by atoms with van der Waals surface area (Å²) in [7, 11) is 5.90. The largest absolute Gasteiger partial charge is 0.545 e. The lowest BCUT2D eigenvalue weighted by atomic mass is 10.1. The molecule has 2 atom stereocenters. The van der Waals surface area contributed by atoms with E-state index in [1.54, 1.807) is 0 Å². The predicted molar refractivity (Wildman–Crippen MR) is 361 cm³/mol. The molecule has 9 nitrogen and oxygen atoms in total. The molecule has 0 aliphatic heterocycles. The zero-order valence-electron chi connectivity index (χ0n) is 54.7. The van der Waals surface area contributed by atoms with Crippen molar-refractivity contribution in [2.75, 3.05) is 47.5 Å². The third kappa shape index (κ3) is 66.3. The minimum absolute atomic E-state index is 0.133. The number of allylic oxidation sites excluding steroid dienone is 26. The summed E-state index contributed by atoms with van der Waals surface area (Å²) >= 11 is 0. The van der Waals surface area contributed by atoms with Crippen LogP contribution in [0.4, 0.5) is 0 Å². The number of likely N-dealkylation sites (N-methyl/N-ethyl adjacent to an activating group) is 1. The number of carboxylic acid groups (broad SMARTS) is 1. The quantitative estimate of drug-likeness (QED) is 0.0195. The Hall–Kier alpha value is -5.09. The van der Waals surface area contributed by atoms with Crippen molar-refractivity contribution in [2.24, 2.45) is 0 Å². The van der Waals surface area contributed by atoms with Crippen LogP contribution >= 0.6 is 0 Å². The van der Waals surface area contributed by atoms with Crippen LogP contribution < -0.4 is 5.11 Å². The van der Waals surface area contributed by atoms with E-state index in [-0.39, 0.29) is 38.6 Å². The Kier molecular flexibility index (Phi) is 61.0. The number of ether oxygens (including phenoxy) is 4. The maximum atomic E-state index is 12.9. The number of unbranched alkanes of at least 4 members (excludes halogenated alkanes) is 19. The van der Waals surface area contributed by atoms with Gasteiger partial charge in [-0.05, 0) is 128 Å².